The molecular weight excluding hydrogens is 456 g/mol. The highest BCUT2D eigenvalue weighted by molar-refractivity contribution is 7.89. The summed E-state index contributed by atoms with van der Waals surface area (Å²) < 4.78 is 66.7. The summed E-state index contributed by atoms with van der Waals surface area (Å²) in [6, 6.07) is 5.30. The van der Waals surface area contributed by atoms with E-state index < -0.39 is 25.6 Å². The summed E-state index contributed by atoms with van der Waals surface area (Å²) in [6.45, 7) is 2.90. The molecule has 1 aromatic carbocycles. The number of aromatic nitrogens is 2. The summed E-state index contributed by atoms with van der Waals surface area (Å²) >= 11 is 0. The number of sulfonamides is 2. The highest BCUT2D eigenvalue weighted by Crippen LogP contribution is 2.36. The van der Waals surface area contributed by atoms with Gasteiger partial charge in [-0.1, -0.05) is 30.8 Å². The predicted molar refractivity (Wildman–Crippen MR) is 115 cm³/mol. The zero-order valence-electron chi connectivity index (χ0n) is 18.0. The first-order valence-corrected chi connectivity index (χ1v) is 13.7. The second-order valence-electron chi connectivity index (χ2n) is 8.23. The van der Waals surface area contributed by atoms with Crippen molar-refractivity contribution in [3.05, 3.63) is 36.0 Å². The van der Waals surface area contributed by atoms with Crippen molar-refractivity contribution in [3.8, 4) is 0 Å². The van der Waals surface area contributed by atoms with Gasteiger partial charge in [-0.15, -0.1) is 0 Å². The van der Waals surface area contributed by atoms with Crippen LogP contribution >= 0.6 is 0 Å². The van der Waals surface area contributed by atoms with E-state index in [1.807, 2.05) is 0 Å². The molecule has 32 heavy (non-hydrogen) atoms. The van der Waals surface area contributed by atoms with Crippen molar-refractivity contribution in [2.24, 2.45) is 0 Å². The van der Waals surface area contributed by atoms with Gasteiger partial charge >= 0.3 is 0 Å². The van der Waals surface area contributed by atoms with Gasteiger partial charge in [-0.2, -0.15) is 14.0 Å². The van der Waals surface area contributed by atoms with E-state index in [9.17, 15) is 16.8 Å². The molecule has 2 aromatic rings. The summed E-state index contributed by atoms with van der Waals surface area (Å²) in [7, 11) is -7.66. The smallest absolute Gasteiger partial charge is 0.243 e. The molecule has 0 atom stereocenters. The van der Waals surface area contributed by atoms with Gasteiger partial charge in [0.1, 0.15) is 0 Å². The largest absolute Gasteiger partial charge is 0.379 e. The second-order valence-corrected chi connectivity index (χ2v) is 11.8. The molecule has 0 radical (unpaired) electrons. The van der Waals surface area contributed by atoms with Crippen molar-refractivity contribution in [1.82, 2.24) is 19.2 Å². The number of nitrogens with zero attached hydrogens (tertiary/aromatic N) is 3. The van der Waals surface area contributed by atoms with Crippen molar-refractivity contribution >= 4 is 20.0 Å². The molecule has 0 bridgehead atoms. The highest BCUT2D eigenvalue weighted by atomic mass is 32.2. The molecule has 0 unspecified atom stereocenters. The molecule has 1 aromatic heterocycles. The van der Waals surface area contributed by atoms with E-state index in [0.717, 1.165) is 25.7 Å². The maximum atomic E-state index is 13.3. The van der Waals surface area contributed by atoms with Gasteiger partial charge in [0.05, 0.1) is 28.5 Å². The Morgan fingerprint density at radius 3 is 2.09 bits per heavy atom. The molecule has 1 saturated heterocycles. The molecule has 0 spiro atoms. The Morgan fingerprint density at radius 1 is 0.938 bits per heavy atom. The Bertz CT molecular complexity index is 1130. The first-order chi connectivity index (χ1) is 15.2. The molecule has 2 fully saturated rings. The molecule has 176 valence electrons. The van der Waals surface area contributed by atoms with Crippen LogP contribution in [0, 0.1) is 6.92 Å². The van der Waals surface area contributed by atoms with E-state index in [2.05, 4.69) is 14.9 Å². The maximum Gasteiger partial charge on any atom is 0.243 e. The van der Waals surface area contributed by atoms with Crippen molar-refractivity contribution in [2.75, 3.05) is 26.3 Å². The van der Waals surface area contributed by atoms with Gasteiger partial charge in [-0.3, -0.25) is 0 Å². The van der Waals surface area contributed by atoms with Crippen LogP contribution in [-0.4, -0.2) is 57.6 Å². The van der Waals surface area contributed by atoms with Crippen molar-refractivity contribution < 1.29 is 26.1 Å². The Kier molecular flexibility index (Phi) is 6.68. The lowest BCUT2D eigenvalue weighted by Crippen LogP contribution is -2.46. The fourth-order valence-corrected chi connectivity index (χ4v) is 7.07. The minimum absolute atomic E-state index is 0.0118. The van der Waals surface area contributed by atoms with Crippen LogP contribution in [0.15, 0.2) is 38.6 Å². The first-order valence-electron chi connectivity index (χ1n) is 10.8. The van der Waals surface area contributed by atoms with Gasteiger partial charge in [0.15, 0.2) is 5.82 Å². The Morgan fingerprint density at radius 2 is 1.53 bits per heavy atom. The fourth-order valence-electron chi connectivity index (χ4n) is 4.24. The number of hydrogen-bond donors (Lipinski definition) is 1. The van der Waals surface area contributed by atoms with Crippen LogP contribution in [0.1, 0.15) is 50.2 Å². The van der Waals surface area contributed by atoms with E-state index in [4.69, 9.17) is 9.26 Å². The van der Waals surface area contributed by atoms with Crippen LogP contribution in [0.25, 0.3) is 0 Å². The zero-order chi connectivity index (χ0) is 22.8. The number of ether oxygens (including phenoxy) is 1. The third-order valence-corrected chi connectivity index (χ3v) is 9.45. The minimum atomic E-state index is -3.96. The number of nitrogens with one attached hydrogen (secondary N) is 1. The van der Waals surface area contributed by atoms with Crippen molar-refractivity contribution in [2.45, 2.75) is 60.8 Å². The molecule has 10 nitrogen and oxygen atoms in total. The Balaban J connectivity index is 1.61. The van der Waals surface area contributed by atoms with Crippen molar-refractivity contribution in [3.63, 3.8) is 0 Å². The average molecular weight is 485 g/mol. The highest BCUT2D eigenvalue weighted by Gasteiger charge is 2.41. The quantitative estimate of drug-likeness (QED) is 0.615. The SMILES string of the molecule is Cc1nc(C2(NS(=O)(=O)c3ccc(S(=O)(=O)N4CCOCC4)cc3)CCCCCC2)no1. The topological polar surface area (TPSA) is 132 Å². The Hall–Kier alpha value is -1.86. The van der Waals surface area contributed by atoms with E-state index in [0.29, 0.717) is 37.8 Å². The van der Waals surface area contributed by atoms with E-state index >= 15 is 0 Å². The normalized spacial score (nSPS) is 20.7. The number of aryl methyl sites for hydroxylation is 1. The van der Waals surface area contributed by atoms with Crippen LogP contribution in [0.4, 0.5) is 0 Å². The second kappa shape index (κ2) is 9.18. The summed E-state index contributed by atoms with van der Waals surface area (Å²) in [5, 5.41) is 4.02. The van der Waals surface area contributed by atoms with Crippen LogP contribution in [-0.2, 0) is 30.3 Å². The van der Waals surface area contributed by atoms with Gasteiger partial charge < -0.3 is 9.26 Å². The molecule has 1 aliphatic heterocycles. The maximum absolute atomic E-state index is 13.3. The van der Waals surface area contributed by atoms with Gasteiger partial charge in [0.2, 0.25) is 25.9 Å². The van der Waals surface area contributed by atoms with Crippen LogP contribution in [0.2, 0.25) is 0 Å². The lowest BCUT2D eigenvalue weighted by atomic mass is 9.91. The van der Waals surface area contributed by atoms with E-state index in [1.54, 1.807) is 6.92 Å². The van der Waals surface area contributed by atoms with Gasteiger partial charge in [0.25, 0.3) is 0 Å². The standard InChI is InChI=1S/C20H28N4O6S2/c1-16-21-19(22-30-16)20(10-4-2-3-5-11-20)23-31(25,26)17-6-8-18(9-7-17)32(27,28)24-12-14-29-15-13-24/h6-9,23H,2-5,10-15H2,1H3. The molecule has 1 N–H and O–H groups in total. The molecule has 2 aliphatic rings. The zero-order valence-corrected chi connectivity index (χ0v) is 19.6. The van der Waals surface area contributed by atoms with Gasteiger partial charge in [0, 0.05) is 20.0 Å². The number of benzene rings is 1. The molecule has 2 heterocycles. The molecule has 0 amide bonds. The van der Waals surface area contributed by atoms with Gasteiger partial charge in [-0.25, -0.2) is 16.8 Å². The molecule has 4 rings (SSSR count). The minimum Gasteiger partial charge on any atom is -0.379 e. The number of rotatable bonds is 6. The first kappa shape index (κ1) is 23.3. The summed E-state index contributed by atoms with van der Waals surface area (Å²) in [6.07, 6.45) is 4.83. The lowest BCUT2D eigenvalue weighted by Gasteiger charge is -2.30. The molecule has 12 heteroatoms. The molecular formula is C20H28N4O6S2. The van der Waals surface area contributed by atoms with Crippen LogP contribution in [0.5, 0.6) is 0 Å². The molecule has 1 saturated carbocycles. The Labute approximate surface area is 188 Å². The lowest BCUT2D eigenvalue weighted by molar-refractivity contribution is 0.0730. The summed E-state index contributed by atoms with van der Waals surface area (Å²) in [4.78, 5) is 4.36. The van der Waals surface area contributed by atoms with Crippen LogP contribution in [0.3, 0.4) is 0 Å². The third-order valence-electron chi connectivity index (χ3n) is 5.98. The van der Waals surface area contributed by atoms with Crippen LogP contribution < -0.4 is 4.72 Å². The molecule has 1 aliphatic carbocycles. The van der Waals surface area contributed by atoms with E-state index in [-0.39, 0.29) is 22.9 Å². The average Bonchev–Trinajstić information content (AvgIpc) is 3.10. The van der Waals surface area contributed by atoms with Crippen molar-refractivity contribution in [1.29, 1.82) is 0 Å². The monoisotopic (exact) mass is 484 g/mol. The van der Waals surface area contributed by atoms with Gasteiger partial charge in [-0.05, 0) is 37.1 Å². The summed E-state index contributed by atoms with van der Waals surface area (Å²) in [5.41, 5.74) is -0.953. The summed E-state index contributed by atoms with van der Waals surface area (Å²) in [5.74, 6) is 0.715. The van der Waals surface area contributed by atoms with E-state index in [1.165, 1.54) is 28.6 Å². The predicted octanol–water partition coefficient (Wildman–Crippen LogP) is 1.93. The number of morpholine rings is 1. The number of hydrogen-bond acceptors (Lipinski definition) is 8. The third kappa shape index (κ3) is 4.74. The fraction of sp³-hybridized carbons (Fsp3) is 0.600.